The number of hydrogen-bond acceptors (Lipinski definition) is 3. The van der Waals surface area contributed by atoms with Crippen molar-refractivity contribution in [3.63, 3.8) is 0 Å². The molecule has 0 atom stereocenters. The zero-order valence-corrected chi connectivity index (χ0v) is 14.2. The number of nitrogens with one attached hydrogen (secondary N) is 2. The topological polar surface area (TPSA) is 84.2 Å². The van der Waals surface area contributed by atoms with Crippen molar-refractivity contribution in [1.29, 1.82) is 0 Å². The zero-order valence-electron chi connectivity index (χ0n) is 12.7. The highest BCUT2D eigenvalue weighted by Gasteiger charge is 2.27. The molecule has 0 unspecified atom stereocenters. The van der Waals surface area contributed by atoms with E-state index in [0.717, 1.165) is 0 Å². The van der Waals surface area contributed by atoms with Gasteiger partial charge in [-0.2, -0.15) is 0 Å². The summed E-state index contributed by atoms with van der Waals surface area (Å²) in [5.41, 5.74) is 5.25. The van der Waals surface area contributed by atoms with Gasteiger partial charge in [-0.3, -0.25) is 9.59 Å². The van der Waals surface area contributed by atoms with Gasteiger partial charge in [0.2, 0.25) is 5.91 Å². The second kappa shape index (κ2) is 9.00. The van der Waals surface area contributed by atoms with Crippen LogP contribution in [0.25, 0.3) is 0 Å². The molecule has 0 aliphatic heterocycles. The molecule has 1 rings (SSSR count). The van der Waals surface area contributed by atoms with Crippen molar-refractivity contribution >= 4 is 41.5 Å². The third kappa shape index (κ3) is 6.68. The number of anilines is 1. The monoisotopic (exact) mass is 369 g/mol. The van der Waals surface area contributed by atoms with Crippen LogP contribution in [0.3, 0.4) is 0 Å². The molecule has 1 aromatic carbocycles. The lowest BCUT2D eigenvalue weighted by molar-refractivity contribution is -0.118. The number of halogens is 4. The number of rotatable bonds is 6. The molecule has 2 amide bonds. The first-order valence-corrected chi connectivity index (χ1v) is 7.00. The summed E-state index contributed by atoms with van der Waals surface area (Å²) in [6.07, 6.45) is 0. The van der Waals surface area contributed by atoms with E-state index in [1.807, 2.05) is 0 Å². The van der Waals surface area contributed by atoms with Gasteiger partial charge in [0.05, 0.1) is 23.7 Å². The maximum absolute atomic E-state index is 13.0. The fourth-order valence-corrected chi connectivity index (χ4v) is 1.64. The van der Waals surface area contributed by atoms with Crippen molar-refractivity contribution in [3.8, 4) is 0 Å². The highest BCUT2D eigenvalue weighted by molar-refractivity contribution is 6.34. The van der Waals surface area contributed by atoms with Crippen molar-refractivity contribution in [2.24, 2.45) is 11.7 Å². The number of hydrogen-bond donors (Lipinski definition) is 3. The second-order valence-electron chi connectivity index (χ2n) is 5.08. The molecule has 0 aromatic heterocycles. The van der Waals surface area contributed by atoms with Gasteiger partial charge in [0, 0.05) is 11.6 Å². The standard InChI is InChI=1S/C14H18ClF2N3O2.ClH/c1-8(2)12(21)20-9-3-4-11(15)10(5-9)13(22)19-7-14(16,17)6-18;/h3-5,8H,6-7,18H2,1-2H3,(H,19,22)(H,20,21);1H. The summed E-state index contributed by atoms with van der Waals surface area (Å²) < 4.78 is 26.1. The molecule has 0 aliphatic carbocycles. The minimum Gasteiger partial charge on any atom is -0.346 e. The fraction of sp³-hybridized carbons (Fsp3) is 0.429. The van der Waals surface area contributed by atoms with Crippen LogP contribution in [-0.2, 0) is 4.79 Å². The molecule has 0 radical (unpaired) electrons. The van der Waals surface area contributed by atoms with Crippen LogP contribution >= 0.6 is 24.0 Å². The first-order chi connectivity index (χ1) is 10.2. The summed E-state index contributed by atoms with van der Waals surface area (Å²) in [7, 11) is 0. The Kier molecular flexibility index (Phi) is 8.44. The molecule has 0 bridgehead atoms. The minimum atomic E-state index is -3.19. The highest BCUT2D eigenvalue weighted by Crippen LogP contribution is 2.21. The van der Waals surface area contributed by atoms with Crippen LogP contribution in [0.1, 0.15) is 24.2 Å². The minimum absolute atomic E-state index is 0. The molecule has 9 heteroatoms. The summed E-state index contributed by atoms with van der Waals surface area (Å²) in [5, 5.41) is 4.76. The van der Waals surface area contributed by atoms with E-state index in [1.54, 1.807) is 13.8 Å². The van der Waals surface area contributed by atoms with Crippen molar-refractivity contribution < 1.29 is 18.4 Å². The van der Waals surface area contributed by atoms with Gasteiger partial charge in [0.1, 0.15) is 0 Å². The summed E-state index contributed by atoms with van der Waals surface area (Å²) in [6, 6.07) is 4.26. The van der Waals surface area contributed by atoms with Gasteiger partial charge in [-0.25, -0.2) is 8.78 Å². The number of nitrogens with two attached hydrogens (primary N) is 1. The molecule has 0 spiro atoms. The molecule has 1 aromatic rings. The van der Waals surface area contributed by atoms with Crippen LogP contribution in [0.2, 0.25) is 5.02 Å². The number of carbonyl (C=O) groups excluding carboxylic acids is 2. The Morgan fingerprint density at radius 2 is 1.96 bits per heavy atom. The van der Waals surface area contributed by atoms with E-state index in [4.69, 9.17) is 17.3 Å². The maximum Gasteiger partial charge on any atom is 0.277 e. The lowest BCUT2D eigenvalue weighted by Gasteiger charge is -2.15. The smallest absolute Gasteiger partial charge is 0.277 e. The maximum atomic E-state index is 13.0. The SMILES string of the molecule is CC(C)C(=O)Nc1ccc(Cl)c(C(=O)NCC(F)(F)CN)c1.Cl. The largest absolute Gasteiger partial charge is 0.346 e. The zero-order chi connectivity index (χ0) is 16.9. The average molecular weight is 370 g/mol. The number of carbonyl (C=O) groups is 2. The third-order valence-electron chi connectivity index (χ3n) is 2.81. The summed E-state index contributed by atoms with van der Waals surface area (Å²) in [5.74, 6) is -4.43. The quantitative estimate of drug-likeness (QED) is 0.720. The Balaban J connectivity index is 0.00000484. The van der Waals surface area contributed by atoms with E-state index < -0.39 is 24.9 Å². The first kappa shape index (κ1) is 21.6. The first-order valence-electron chi connectivity index (χ1n) is 6.63. The van der Waals surface area contributed by atoms with Crippen molar-refractivity contribution in [2.75, 3.05) is 18.4 Å². The highest BCUT2D eigenvalue weighted by atomic mass is 35.5. The van der Waals surface area contributed by atoms with Crippen molar-refractivity contribution in [2.45, 2.75) is 19.8 Å². The Bertz CT molecular complexity index is 569. The summed E-state index contributed by atoms with van der Waals surface area (Å²) >= 11 is 5.89. The molecule has 0 aliphatic rings. The molecule has 0 fully saturated rings. The van der Waals surface area contributed by atoms with Gasteiger partial charge in [-0.1, -0.05) is 25.4 Å². The number of alkyl halides is 2. The second-order valence-corrected chi connectivity index (χ2v) is 5.49. The molecule has 0 saturated carbocycles. The van der Waals surface area contributed by atoms with Crippen LogP contribution in [0.15, 0.2) is 18.2 Å². The van der Waals surface area contributed by atoms with E-state index in [9.17, 15) is 18.4 Å². The lowest BCUT2D eigenvalue weighted by Crippen LogP contribution is -2.41. The summed E-state index contributed by atoms with van der Waals surface area (Å²) in [6.45, 7) is 1.67. The molecule has 23 heavy (non-hydrogen) atoms. The van der Waals surface area contributed by atoms with Crippen LogP contribution in [-0.4, -0.2) is 30.8 Å². The molecule has 4 N–H and O–H groups in total. The number of amides is 2. The molecule has 0 heterocycles. The predicted octanol–water partition coefficient (Wildman–Crippen LogP) is 2.68. The van der Waals surface area contributed by atoms with Gasteiger partial charge in [-0.05, 0) is 18.2 Å². The third-order valence-corrected chi connectivity index (χ3v) is 3.14. The van der Waals surface area contributed by atoms with Crippen LogP contribution in [0, 0.1) is 5.92 Å². The van der Waals surface area contributed by atoms with E-state index >= 15 is 0 Å². The average Bonchev–Trinajstić information content (AvgIpc) is 2.46. The van der Waals surface area contributed by atoms with Gasteiger partial charge in [0.15, 0.2) is 0 Å². The normalized spacial score (nSPS) is 10.9. The molecule has 5 nitrogen and oxygen atoms in total. The van der Waals surface area contributed by atoms with E-state index in [-0.39, 0.29) is 34.8 Å². The molecule has 130 valence electrons. The van der Waals surface area contributed by atoms with Gasteiger partial charge < -0.3 is 16.4 Å². The molecule has 0 saturated heterocycles. The fourth-order valence-electron chi connectivity index (χ4n) is 1.44. The van der Waals surface area contributed by atoms with Crippen LogP contribution < -0.4 is 16.4 Å². The molecular weight excluding hydrogens is 351 g/mol. The van der Waals surface area contributed by atoms with E-state index in [1.165, 1.54) is 18.2 Å². The van der Waals surface area contributed by atoms with Crippen molar-refractivity contribution in [1.82, 2.24) is 5.32 Å². The number of benzene rings is 1. The van der Waals surface area contributed by atoms with Gasteiger partial charge >= 0.3 is 0 Å². The Morgan fingerprint density at radius 1 is 1.35 bits per heavy atom. The van der Waals surface area contributed by atoms with Crippen LogP contribution in [0.4, 0.5) is 14.5 Å². The Hall–Kier alpha value is -1.44. The van der Waals surface area contributed by atoms with Crippen molar-refractivity contribution in [3.05, 3.63) is 28.8 Å². The Morgan fingerprint density at radius 3 is 2.48 bits per heavy atom. The molecular formula is C14H19Cl2F2N3O2. The Labute approximate surface area is 144 Å². The predicted molar refractivity (Wildman–Crippen MR) is 88.5 cm³/mol. The van der Waals surface area contributed by atoms with Gasteiger partial charge in [-0.15, -0.1) is 12.4 Å². The van der Waals surface area contributed by atoms with E-state index in [2.05, 4.69) is 10.6 Å². The van der Waals surface area contributed by atoms with E-state index in [0.29, 0.717) is 5.69 Å². The lowest BCUT2D eigenvalue weighted by atomic mass is 10.1. The summed E-state index contributed by atoms with van der Waals surface area (Å²) in [4.78, 5) is 23.5. The van der Waals surface area contributed by atoms with Gasteiger partial charge in [0.25, 0.3) is 11.8 Å². The van der Waals surface area contributed by atoms with Crippen LogP contribution in [0.5, 0.6) is 0 Å².